The molecule has 0 fully saturated rings. The summed E-state index contributed by atoms with van der Waals surface area (Å²) in [6.07, 6.45) is 1.86. The van der Waals surface area contributed by atoms with Crippen LogP contribution < -0.4 is 15.0 Å². The Balaban J connectivity index is 0.00000231. The third kappa shape index (κ3) is 4.36. The Labute approximate surface area is 189 Å². The van der Waals surface area contributed by atoms with Gasteiger partial charge in [-0.3, -0.25) is 0 Å². The molecule has 0 saturated carbocycles. The Morgan fingerprint density at radius 3 is 2.61 bits per heavy atom. The SMILES string of the molecule is C[C@@H](NCC1CN(c2ccccn2)c2ccccc2O1)c1cccc2ccccc12.Cl. The van der Waals surface area contributed by atoms with Crippen LogP contribution in [-0.4, -0.2) is 24.2 Å². The molecule has 3 aromatic carbocycles. The highest BCUT2D eigenvalue weighted by Crippen LogP contribution is 2.37. The molecule has 2 atom stereocenters. The van der Waals surface area contributed by atoms with Crippen LogP contribution in [0.1, 0.15) is 18.5 Å². The molecule has 0 aliphatic carbocycles. The van der Waals surface area contributed by atoms with Crippen molar-refractivity contribution in [2.75, 3.05) is 18.0 Å². The predicted molar refractivity (Wildman–Crippen MR) is 130 cm³/mol. The molecule has 0 radical (unpaired) electrons. The number of nitrogens with zero attached hydrogens (tertiary/aromatic N) is 2. The number of hydrogen-bond acceptors (Lipinski definition) is 4. The van der Waals surface area contributed by atoms with Crippen LogP contribution in [0.15, 0.2) is 91.1 Å². The van der Waals surface area contributed by atoms with E-state index in [1.165, 1.54) is 16.3 Å². The summed E-state index contributed by atoms with van der Waals surface area (Å²) >= 11 is 0. The Hall–Kier alpha value is -3.08. The van der Waals surface area contributed by atoms with Gasteiger partial charge in [0.1, 0.15) is 17.7 Å². The normalized spacial score (nSPS) is 16.2. The van der Waals surface area contributed by atoms with Gasteiger partial charge in [-0.25, -0.2) is 4.98 Å². The number of pyridine rings is 1. The van der Waals surface area contributed by atoms with Gasteiger partial charge in [-0.1, -0.05) is 60.7 Å². The van der Waals surface area contributed by atoms with Crippen molar-refractivity contribution in [3.8, 4) is 5.75 Å². The summed E-state index contributed by atoms with van der Waals surface area (Å²) in [6, 6.07) is 29.5. The van der Waals surface area contributed by atoms with E-state index in [0.29, 0.717) is 0 Å². The molecular weight excluding hydrogens is 406 g/mol. The molecule has 0 bridgehead atoms. The zero-order chi connectivity index (χ0) is 20.3. The van der Waals surface area contributed by atoms with E-state index in [4.69, 9.17) is 4.74 Å². The van der Waals surface area contributed by atoms with Crippen LogP contribution in [0.3, 0.4) is 0 Å². The van der Waals surface area contributed by atoms with Crippen molar-refractivity contribution in [2.24, 2.45) is 0 Å². The van der Waals surface area contributed by atoms with Crippen LogP contribution in [0.25, 0.3) is 10.8 Å². The average molecular weight is 432 g/mol. The minimum Gasteiger partial charge on any atom is -0.485 e. The standard InChI is InChI=1S/C26H25N3O.ClH/c1-19(22-12-8-10-20-9-2-3-11-23(20)22)28-17-21-18-29(26-15-6-7-16-27-26)24-13-4-5-14-25(24)30-21;/h2-16,19,21,28H,17-18H2,1H3;1H/t19-,21?;/m1./s1. The van der Waals surface area contributed by atoms with Crippen LogP contribution >= 0.6 is 12.4 Å². The first-order valence-electron chi connectivity index (χ1n) is 10.4. The molecule has 31 heavy (non-hydrogen) atoms. The molecule has 0 spiro atoms. The van der Waals surface area contributed by atoms with E-state index < -0.39 is 0 Å². The molecule has 5 heteroatoms. The summed E-state index contributed by atoms with van der Waals surface area (Å²) in [5.41, 5.74) is 2.38. The van der Waals surface area contributed by atoms with Crippen LogP contribution in [0.2, 0.25) is 0 Å². The second-order valence-corrected chi connectivity index (χ2v) is 7.70. The van der Waals surface area contributed by atoms with E-state index in [0.717, 1.165) is 30.3 Å². The summed E-state index contributed by atoms with van der Waals surface area (Å²) in [7, 11) is 0. The lowest BCUT2D eigenvalue weighted by molar-refractivity contribution is 0.190. The first kappa shape index (κ1) is 21.2. The zero-order valence-corrected chi connectivity index (χ0v) is 18.3. The zero-order valence-electron chi connectivity index (χ0n) is 17.4. The van der Waals surface area contributed by atoms with Gasteiger partial charge in [0.2, 0.25) is 0 Å². The number of rotatable bonds is 5. The maximum absolute atomic E-state index is 6.33. The molecule has 0 saturated heterocycles. The molecule has 1 aromatic heterocycles. The average Bonchev–Trinajstić information content (AvgIpc) is 2.82. The van der Waals surface area contributed by atoms with E-state index in [9.17, 15) is 0 Å². The molecule has 1 N–H and O–H groups in total. The van der Waals surface area contributed by atoms with Gasteiger partial charge in [0.05, 0.1) is 12.2 Å². The van der Waals surface area contributed by atoms with E-state index in [2.05, 4.69) is 70.7 Å². The van der Waals surface area contributed by atoms with Crippen LogP contribution in [-0.2, 0) is 0 Å². The Morgan fingerprint density at radius 2 is 1.74 bits per heavy atom. The molecule has 2 heterocycles. The minimum absolute atomic E-state index is 0. The third-order valence-electron chi connectivity index (χ3n) is 5.70. The molecule has 4 nitrogen and oxygen atoms in total. The second-order valence-electron chi connectivity index (χ2n) is 7.70. The Morgan fingerprint density at radius 1 is 0.968 bits per heavy atom. The lowest BCUT2D eigenvalue weighted by Gasteiger charge is -2.36. The minimum atomic E-state index is 0. The summed E-state index contributed by atoms with van der Waals surface area (Å²) in [5.74, 6) is 1.85. The van der Waals surface area contributed by atoms with Gasteiger partial charge < -0.3 is 15.0 Å². The van der Waals surface area contributed by atoms with Crippen molar-refractivity contribution in [2.45, 2.75) is 19.1 Å². The first-order valence-corrected chi connectivity index (χ1v) is 10.4. The number of fused-ring (bicyclic) bond motifs is 2. The summed E-state index contributed by atoms with van der Waals surface area (Å²) in [4.78, 5) is 6.81. The predicted octanol–water partition coefficient (Wildman–Crippen LogP) is 5.91. The fraction of sp³-hybridized carbons (Fsp3) is 0.192. The number of benzene rings is 3. The van der Waals surface area contributed by atoms with Crippen molar-refractivity contribution in [3.05, 3.63) is 96.7 Å². The lowest BCUT2D eigenvalue weighted by atomic mass is 9.99. The summed E-state index contributed by atoms with van der Waals surface area (Å²) < 4.78 is 6.33. The second kappa shape index (κ2) is 9.38. The van der Waals surface area contributed by atoms with E-state index in [1.807, 2.05) is 42.6 Å². The highest BCUT2D eigenvalue weighted by atomic mass is 35.5. The van der Waals surface area contributed by atoms with Gasteiger partial charge in [0, 0.05) is 18.8 Å². The molecule has 1 aliphatic rings. The number of aromatic nitrogens is 1. The van der Waals surface area contributed by atoms with Crippen LogP contribution in [0, 0.1) is 0 Å². The number of hydrogen-bond donors (Lipinski definition) is 1. The molecule has 4 aromatic rings. The molecule has 1 aliphatic heterocycles. The van der Waals surface area contributed by atoms with E-state index in [-0.39, 0.29) is 24.6 Å². The number of ether oxygens (including phenoxy) is 1. The fourth-order valence-electron chi connectivity index (χ4n) is 4.18. The van der Waals surface area contributed by atoms with Crippen LogP contribution in [0.5, 0.6) is 5.75 Å². The smallest absolute Gasteiger partial charge is 0.143 e. The summed E-state index contributed by atoms with van der Waals surface area (Å²) in [5, 5.41) is 6.26. The first-order chi connectivity index (χ1) is 14.8. The molecule has 5 rings (SSSR count). The number of anilines is 2. The molecule has 158 valence electrons. The lowest BCUT2D eigenvalue weighted by Crippen LogP contribution is -2.44. The highest BCUT2D eigenvalue weighted by Gasteiger charge is 2.27. The van der Waals surface area contributed by atoms with Gasteiger partial charge in [-0.15, -0.1) is 12.4 Å². The third-order valence-corrected chi connectivity index (χ3v) is 5.70. The maximum atomic E-state index is 6.33. The van der Waals surface area contributed by atoms with Gasteiger partial charge >= 0.3 is 0 Å². The van der Waals surface area contributed by atoms with Crippen molar-refractivity contribution < 1.29 is 4.74 Å². The quantitative estimate of drug-likeness (QED) is 0.426. The van der Waals surface area contributed by atoms with Crippen molar-refractivity contribution in [3.63, 3.8) is 0 Å². The topological polar surface area (TPSA) is 37.4 Å². The number of para-hydroxylation sites is 2. The fourth-order valence-corrected chi connectivity index (χ4v) is 4.18. The number of halogens is 1. The molecule has 0 amide bonds. The monoisotopic (exact) mass is 431 g/mol. The van der Waals surface area contributed by atoms with Gasteiger partial charge in [-0.2, -0.15) is 0 Å². The van der Waals surface area contributed by atoms with Gasteiger partial charge in [0.25, 0.3) is 0 Å². The van der Waals surface area contributed by atoms with Gasteiger partial charge in [0.15, 0.2) is 0 Å². The highest BCUT2D eigenvalue weighted by molar-refractivity contribution is 5.86. The largest absolute Gasteiger partial charge is 0.485 e. The number of nitrogens with one attached hydrogen (secondary N) is 1. The Bertz CT molecular complexity index is 1150. The van der Waals surface area contributed by atoms with Crippen LogP contribution in [0.4, 0.5) is 11.5 Å². The van der Waals surface area contributed by atoms with E-state index in [1.54, 1.807) is 0 Å². The van der Waals surface area contributed by atoms with Gasteiger partial charge in [-0.05, 0) is 47.5 Å². The van der Waals surface area contributed by atoms with Crippen molar-refractivity contribution in [1.82, 2.24) is 10.3 Å². The maximum Gasteiger partial charge on any atom is 0.143 e. The Kier molecular flexibility index (Phi) is 6.40. The van der Waals surface area contributed by atoms with Crippen molar-refractivity contribution in [1.29, 1.82) is 0 Å². The molecule has 1 unspecified atom stereocenters. The van der Waals surface area contributed by atoms with E-state index >= 15 is 0 Å². The van der Waals surface area contributed by atoms with Crippen molar-refractivity contribution >= 4 is 34.7 Å². The summed E-state index contributed by atoms with van der Waals surface area (Å²) in [6.45, 7) is 3.72. The molecular formula is C26H26ClN3O.